The molecular formula is C20H28IN3O2. The van der Waals surface area contributed by atoms with Gasteiger partial charge >= 0.3 is 0 Å². The van der Waals surface area contributed by atoms with E-state index >= 15 is 0 Å². The Balaban J connectivity index is 0.00000338. The predicted molar refractivity (Wildman–Crippen MR) is 119 cm³/mol. The summed E-state index contributed by atoms with van der Waals surface area (Å²) >= 11 is 0. The maximum atomic E-state index is 6.07. The second kappa shape index (κ2) is 9.66. The molecular weight excluding hydrogens is 441 g/mol. The highest BCUT2D eigenvalue weighted by atomic mass is 127. The van der Waals surface area contributed by atoms with Crippen molar-refractivity contribution >= 4 is 35.6 Å². The van der Waals surface area contributed by atoms with Gasteiger partial charge in [0.2, 0.25) is 0 Å². The van der Waals surface area contributed by atoms with Gasteiger partial charge < -0.3 is 20.5 Å². The van der Waals surface area contributed by atoms with E-state index in [9.17, 15) is 0 Å². The highest BCUT2D eigenvalue weighted by Gasteiger charge is 2.20. The number of guanidine groups is 1. The van der Waals surface area contributed by atoms with Gasteiger partial charge in [-0.1, -0.05) is 43.7 Å². The molecule has 2 rings (SSSR count). The van der Waals surface area contributed by atoms with E-state index in [4.69, 9.17) is 15.2 Å². The van der Waals surface area contributed by atoms with E-state index < -0.39 is 0 Å². The van der Waals surface area contributed by atoms with Crippen LogP contribution in [0, 0.1) is 6.92 Å². The zero-order valence-corrected chi connectivity index (χ0v) is 18.3. The maximum absolute atomic E-state index is 6.07. The van der Waals surface area contributed by atoms with Crippen molar-refractivity contribution in [2.75, 3.05) is 26.1 Å². The molecule has 0 heterocycles. The second-order valence-electron chi connectivity index (χ2n) is 6.64. The number of benzene rings is 2. The summed E-state index contributed by atoms with van der Waals surface area (Å²) in [5.41, 5.74) is 9.15. The number of rotatable bonds is 6. The number of nitrogens with zero attached hydrogens (tertiary/aromatic N) is 1. The molecule has 3 N–H and O–H groups in total. The molecule has 0 spiro atoms. The number of methoxy groups -OCH3 is 2. The van der Waals surface area contributed by atoms with Gasteiger partial charge in [-0.05, 0) is 24.6 Å². The summed E-state index contributed by atoms with van der Waals surface area (Å²) in [5.74, 6) is 1.74. The molecule has 2 aromatic carbocycles. The first kappa shape index (κ1) is 22.1. The Morgan fingerprint density at radius 2 is 1.73 bits per heavy atom. The van der Waals surface area contributed by atoms with Gasteiger partial charge in [0.15, 0.2) is 5.96 Å². The molecule has 0 aliphatic rings. The minimum atomic E-state index is -0.113. The predicted octanol–water partition coefficient (Wildman–Crippen LogP) is 4.33. The number of nitrogens with two attached hydrogens (primary N) is 1. The van der Waals surface area contributed by atoms with Crippen LogP contribution in [-0.2, 0) is 5.41 Å². The van der Waals surface area contributed by atoms with Crippen molar-refractivity contribution in [1.29, 1.82) is 0 Å². The highest BCUT2D eigenvalue weighted by molar-refractivity contribution is 14.0. The number of aryl methyl sites for hydroxylation is 1. The molecule has 5 nitrogen and oxygen atoms in total. The van der Waals surface area contributed by atoms with Gasteiger partial charge in [0.05, 0.1) is 26.5 Å². The zero-order valence-electron chi connectivity index (χ0n) is 16.0. The molecule has 0 aliphatic heterocycles. The van der Waals surface area contributed by atoms with E-state index in [2.05, 4.69) is 55.3 Å². The first-order valence-electron chi connectivity index (χ1n) is 8.22. The third-order valence-corrected chi connectivity index (χ3v) is 4.15. The Morgan fingerprint density at radius 1 is 1.08 bits per heavy atom. The minimum absolute atomic E-state index is 0. The van der Waals surface area contributed by atoms with Crippen LogP contribution < -0.4 is 20.5 Å². The quantitative estimate of drug-likeness (QED) is 0.376. The van der Waals surface area contributed by atoms with Crippen LogP contribution in [0.25, 0.3) is 0 Å². The Kier molecular flexibility index (Phi) is 8.20. The molecule has 0 saturated carbocycles. The van der Waals surface area contributed by atoms with Crippen LogP contribution in [0.1, 0.15) is 25.0 Å². The number of hydrogen-bond donors (Lipinski definition) is 2. The fourth-order valence-electron chi connectivity index (χ4n) is 2.47. The molecule has 0 radical (unpaired) electrons. The van der Waals surface area contributed by atoms with Crippen molar-refractivity contribution in [3.63, 3.8) is 0 Å². The van der Waals surface area contributed by atoms with Crippen LogP contribution in [0.5, 0.6) is 11.5 Å². The third kappa shape index (κ3) is 5.79. The summed E-state index contributed by atoms with van der Waals surface area (Å²) in [4.78, 5) is 4.51. The first-order valence-corrected chi connectivity index (χ1v) is 8.22. The molecule has 0 aliphatic carbocycles. The number of halogens is 1. The summed E-state index contributed by atoms with van der Waals surface area (Å²) < 4.78 is 10.6. The van der Waals surface area contributed by atoms with E-state index in [1.54, 1.807) is 14.2 Å². The lowest BCUT2D eigenvalue weighted by Gasteiger charge is -2.23. The second-order valence-corrected chi connectivity index (χ2v) is 6.64. The normalized spacial score (nSPS) is 11.5. The topological polar surface area (TPSA) is 68.9 Å². The maximum Gasteiger partial charge on any atom is 0.193 e. The average molecular weight is 469 g/mol. The van der Waals surface area contributed by atoms with Gasteiger partial charge in [-0.3, -0.25) is 4.99 Å². The van der Waals surface area contributed by atoms with Crippen LogP contribution in [0.2, 0.25) is 0 Å². The Labute approximate surface area is 173 Å². The third-order valence-electron chi connectivity index (χ3n) is 4.15. The highest BCUT2D eigenvalue weighted by Crippen LogP contribution is 2.29. The summed E-state index contributed by atoms with van der Waals surface area (Å²) in [6.45, 7) is 6.96. The largest absolute Gasteiger partial charge is 0.497 e. The van der Waals surface area contributed by atoms with Crippen LogP contribution >= 0.6 is 24.0 Å². The van der Waals surface area contributed by atoms with Gasteiger partial charge in [0.1, 0.15) is 11.5 Å². The molecule has 0 aromatic heterocycles. The smallest absolute Gasteiger partial charge is 0.193 e. The Morgan fingerprint density at radius 3 is 2.31 bits per heavy atom. The van der Waals surface area contributed by atoms with E-state index in [1.807, 2.05) is 18.2 Å². The molecule has 0 fully saturated rings. The molecule has 2 aromatic rings. The number of hydrogen-bond acceptors (Lipinski definition) is 3. The molecule has 0 bridgehead atoms. The lowest BCUT2D eigenvalue weighted by Crippen LogP contribution is -2.28. The Hall–Kier alpha value is -1.96. The van der Waals surface area contributed by atoms with Crippen LogP contribution in [0.15, 0.2) is 47.5 Å². The molecule has 6 heteroatoms. The fourth-order valence-corrected chi connectivity index (χ4v) is 2.47. The SMILES string of the molecule is COc1ccc(OC)c(NC(N)=NCC(C)(C)c2ccc(C)cc2)c1.I. The number of nitrogens with one attached hydrogen (secondary N) is 1. The van der Waals surface area contributed by atoms with Crippen molar-refractivity contribution in [1.82, 2.24) is 0 Å². The molecule has 142 valence electrons. The molecule has 0 saturated heterocycles. The minimum Gasteiger partial charge on any atom is -0.497 e. The van der Waals surface area contributed by atoms with Crippen molar-refractivity contribution in [3.8, 4) is 11.5 Å². The van der Waals surface area contributed by atoms with E-state index in [1.165, 1.54) is 11.1 Å². The van der Waals surface area contributed by atoms with Crippen LogP contribution in [-0.4, -0.2) is 26.7 Å². The fraction of sp³-hybridized carbons (Fsp3) is 0.350. The summed E-state index contributed by atoms with van der Waals surface area (Å²) in [5, 5.41) is 3.09. The lowest BCUT2D eigenvalue weighted by atomic mass is 9.84. The summed E-state index contributed by atoms with van der Waals surface area (Å²) in [7, 11) is 3.23. The van der Waals surface area contributed by atoms with E-state index in [-0.39, 0.29) is 29.4 Å². The standard InChI is InChI=1S/C20H27N3O2.HI/c1-14-6-8-15(9-7-14)20(2,3)13-22-19(21)23-17-12-16(24-4)10-11-18(17)25-5;/h6-12H,13H2,1-5H3,(H3,21,22,23);1H. The van der Waals surface area contributed by atoms with Crippen molar-refractivity contribution in [2.45, 2.75) is 26.2 Å². The van der Waals surface area contributed by atoms with Crippen molar-refractivity contribution in [2.24, 2.45) is 10.7 Å². The number of ether oxygens (including phenoxy) is 2. The van der Waals surface area contributed by atoms with Crippen molar-refractivity contribution in [3.05, 3.63) is 53.6 Å². The van der Waals surface area contributed by atoms with Gasteiger partial charge in [0.25, 0.3) is 0 Å². The molecule has 0 amide bonds. The van der Waals surface area contributed by atoms with Gasteiger partial charge in [0, 0.05) is 11.5 Å². The monoisotopic (exact) mass is 469 g/mol. The average Bonchev–Trinajstić information content (AvgIpc) is 2.60. The van der Waals surface area contributed by atoms with Crippen LogP contribution in [0.3, 0.4) is 0 Å². The molecule has 0 atom stereocenters. The van der Waals surface area contributed by atoms with Crippen molar-refractivity contribution < 1.29 is 9.47 Å². The van der Waals surface area contributed by atoms with E-state index in [0.29, 0.717) is 18.3 Å². The molecule has 26 heavy (non-hydrogen) atoms. The van der Waals surface area contributed by atoms with E-state index in [0.717, 1.165) is 11.4 Å². The number of aliphatic imine (C=N–C) groups is 1. The summed E-state index contributed by atoms with van der Waals surface area (Å²) in [6, 6.07) is 14.0. The number of anilines is 1. The zero-order chi connectivity index (χ0) is 18.4. The lowest BCUT2D eigenvalue weighted by molar-refractivity contribution is 0.405. The molecule has 0 unspecified atom stereocenters. The van der Waals surface area contributed by atoms with Gasteiger partial charge in [-0.2, -0.15) is 0 Å². The summed E-state index contributed by atoms with van der Waals surface area (Å²) in [6.07, 6.45) is 0. The van der Waals surface area contributed by atoms with Gasteiger partial charge in [-0.25, -0.2) is 0 Å². The van der Waals surface area contributed by atoms with Gasteiger partial charge in [-0.15, -0.1) is 24.0 Å². The van der Waals surface area contributed by atoms with Crippen LogP contribution in [0.4, 0.5) is 5.69 Å². The Bertz CT molecular complexity index is 743. The first-order chi connectivity index (χ1) is 11.9.